The third-order valence-corrected chi connectivity index (χ3v) is 2.88. The van der Waals surface area contributed by atoms with E-state index in [1.54, 1.807) is 30.3 Å². The van der Waals surface area contributed by atoms with Gasteiger partial charge in [0.25, 0.3) is 5.91 Å². The second kappa shape index (κ2) is 7.21. The van der Waals surface area contributed by atoms with Crippen molar-refractivity contribution in [2.24, 2.45) is 0 Å². The fraction of sp³-hybridized carbons (Fsp3) is 0.188. The van der Waals surface area contributed by atoms with E-state index >= 15 is 0 Å². The van der Waals surface area contributed by atoms with Crippen molar-refractivity contribution in [2.45, 2.75) is 6.92 Å². The molecule has 0 spiro atoms. The number of methoxy groups -OCH3 is 1. The molecule has 0 saturated heterocycles. The largest absolute Gasteiger partial charge is 0.493 e. The molecule has 0 bridgehead atoms. The molecular formula is C16H16N2O4. The molecule has 1 heterocycles. The summed E-state index contributed by atoms with van der Waals surface area (Å²) in [5, 5.41) is 2.61. The van der Waals surface area contributed by atoms with Crippen molar-refractivity contribution in [3.63, 3.8) is 0 Å². The molecule has 6 nitrogen and oxygen atoms in total. The molecule has 0 unspecified atom stereocenters. The quantitative estimate of drug-likeness (QED) is 0.858. The molecule has 2 rings (SSSR count). The van der Waals surface area contributed by atoms with Gasteiger partial charge in [-0.1, -0.05) is 12.1 Å². The van der Waals surface area contributed by atoms with E-state index in [-0.39, 0.29) is 11.4 Å². The number of carbonyl (C=O) groups is 2. The summed E-state index contributed by atoms with van der Waals surface area (Å²) < 4.78 is 10.1. The fourth-order valence-corrected chi connectivity index (χ4v) is 1.89. The number of esters is 1. The van der Waals surface area contributed by atoms with Crippen molar-refractivity contribution < 1.29 is 19.1 Å². The number of rotatable bonds is 5. The molecule has 0 fully saturated rings. The number of hydrogen-bond acceptors (Lipinski definition) is 5. The molecule has 1 amide bonds. The van der Waals surface area contributed by atoms with Crippen LogP contribution < -0.4 is 10.1 Å². The average Bonchev–Trinajstić information content (AvgIpc) is 2.55. The molecule has 1 aromatic heterocycles. The highest BCUT2D eigenvalue weighted by Gasteiger charge is 2.17. The first-order valence-corrected chi connectivity index (χ1v) is 6.74. The number of benzene rings is 1. The third-order valence-electron chi connectivity index (χ3n) is 2.88. The zero-order valence-electron chi connectivity index (χ0n) is 12.3. The second-order valence-electron chi connectivity index (χ2n) is 4.27. The highest BCUT2D eigenvalue weighted by atomic mass is 16.5. The van der Waals surface area contributed by atoms with Gasteiger partial charge in [-0.05, 0) is 31.2 Å². The number of anilines is 1. The lowest BCUT2D eigenvalue weighted by atomic mass is 10.2. The van der Waals surface area contributed by atoms with Gasteiger partial charge in [-0.2, -0.15) is 0 Å². The molecule has 22 heavy (non-hydrogen) atoms. The SMILES string of the molecule is CCOc1ccccc1C(=O)Nc1ncccc1C(=O)OC. The van der Waals surface area contributed by atoms with Crippen LogP contribution in [0.1, 0.15) is 27.6 Å². The number of carbonyl (C=O) groups excluding carboxylic acids is 2. The summed E-state index contributed by atoms with van der Waals surface area (Å²) in [7, 11) is 1.27. The maximum atomic E-state index is 12.4. The summed E-state index contributed by atoms with van der Waals surface area (Å²) in [4.78, 5) is 28.1. The van der Waals surface area contributed by atoms with Gasteiger partial charge in [0.15, 0.2) is 0 Å². The van der Waals surface area contributed by atoms with E-state index in [4.69, 9.17) is 4.74 Å². The van der Waals surface area contributed by atoms with Crippen LogP contribution in [0, 0.1) is 0 Å². The standard InChI is InChI=1S/C16H16N2O4/c1-3-22-13-9-5-4-7-11(13)15(19)18-14-12(16(20)21-2)8-6-10-17-14/h4-10H,3H2,1-2H3,(H,17,18,19). The van der Waals surface area contributed by atoms with Crippen molar-refractivity contribution in [1.29, 1.82) is 0 Å². The van der Waals surface area contributed by atoms with Gasteiger partial charge in [0.2, 0.25) is 0 Å². The second-order valence-corrected chi connectivity index (χ2v) is 4.27. The number of ether oxygens (including phenoxy) is 2. The summed E-state index contributed by atoms with van der Waals surface area (Å²) >= 11 is 0. The van der Waals surface area contributed by atoms with Crippen molar-refractivity contribution in [3.8, 4) is 5.75 Å². The van der Waals surface area contributed by atoms with Gasteiger partial charge in [-0.25, -0.2) is 9.78 Å². The van der Waals surface area contributed by atoms with E-state index in [1.165, 1.54) is 19.4 Å². The van der Waals surface area contributed by atoms with E-state index in [0.717, 1.165) is 0 Å². The smallest absolute Gasteiger partial charge is 0.341 e. The van der Waals surface area contributed by atoms with E-state index in [1.807, 2.05) is 6.92 Å². The zero-order valence-corrected chi connectivity index (χ0v) is 12.3. The van der Waals surface area contributed by atoms with Gasteiger partial charge in [0.05, 0.1) is 19.3 Å². The molecule has 0 radical (unpaired) electrons. The number of nitrogens with one attached hydrogen (secondary N) is 1. The summed E-state index contributed by atoms with van der Waals surface area (Å²) in [6.45, 7) is 2.28. The summed E-state index contributed by atoms with van der Waals surface area (Å²) in [5.74, 6) is -0.363. The number of para-hydroxylation sites is 1. The maximum absolute atomic E-state index is 12.4. The van der Waals surface area contributed by atoms with E-state index in [0.29, 0.717) is 17.9 Å². The predicted octanol–water partition coefficient (Wildman–Crippen LogP) is 2.52. The first-order valence-electron chi connectivity index (χ1n) is 6.74. The minimum atomic E-state index is -0.568. The molecule has 0 aliphatic heterocycles. The van der Waals surface area contributed by atoms with Gasteiger partial charge in [0, 0.05) is 6.20 Å². The molecule has 0 aliphatic rings. The number of amides is 1. The van der Waals surface area contributed by atoms with E-state index in [9.17, 15) is 9.59 Å². The lowest BCUT2D eigenvalue weighted by Crippen LogP contribution is -2.17. The molecule has 1 aromatic carbocycles. The lowest BCUT2D eigenvalue weighted by Gasteiger charge is -2.11. The molecule has 0 atom stereocenters. The molecule has 6 heteroatoms. The van der Waals surface area contributed by atoms with Crippen LogP contribution in [-0.4, -0.2) is 30.6 Å². The normalized spacial score (nSPS) is 9.91. The van der Waals surface area contributed by atoms with E-state index < -0.39 is 11.9 Å². The van der Waals surface area contributed by atoms with Crippen LogP contribution in [0.3, 0.4) is 0 Å². The summed E-state index contributed by atoms with van der Waals surface area (Å²) in [5.41, 5.74) is 0.554. The average molecular weight is 300 g/mol. The highest BCUT2D eigenvalue weighted by Crippen LogP contribution is 2.20. The van der Waals surface area contributed by atoms with Crippen LogP contribution in [0.15, 0.2) is 42.6 Å². The predicted molar refractivity (Wildman–Crippen MR) is 81.1 cm³/mol. The number of nitrogens with zero attached hydrogens (tertiary/aromatic N) is 1. The van der Waals surface area contributed by atoms with Gasteiger partial charge in [-0.15, -0.1) is 0 Å². The Kier molecular flexibility index (Phi) is 5.08. The van der Waals surface area contributed by atoms with Crippen LogP contribution in [0.5, 0.6) is 5.75 Å². The van der Waals surface area contributed by atoms with Gasteiger partial charge in [0.1, 0.15) is 17.1 Å². The summed E-state index contributed by atoms with van der Waals surface area (Å²) in [6, 6.07) is 9.98. The Bertz CT molecular complexity index is 685. The van der Waals surface area contributed by atoms with Crippen LogP contribution in [0.2, 0.25) is 0 Å². The van der Waals surface area contributed by atoms with Crippen LogP contribution in [0.4, 0.5) is 5.82 Å². The fourth-order valence-electron chi connectivity index (χ4n) is 1.89. The molecule has 114 valence electrons. The Labute approximate surface area is 128 Å². The van der Waals surface area contributed by atoms with E-state index in [2.05, 4.69) is 15.0 Å². The Morgan fingerprint density at radius 3 is 2.59 bits per heavy atom. The van der Waals surface area contributed by atoms with Crippen molar-refractivity contribution in [2.75, 3.05) is 19.0 Å². The molecular weight excluding hydrogens is 284 g/mol. The zero-order chi connectivity index (χ0) is 15.9. The van der Waals surface area contributed by atoms with Gasteiger partial charge < -0.3 is 14.8 Å². The highest BCUT2D eigenvalue weighted by molar-refractivity contribution is 6.08. The van der Waals surface area contributed by atoms with Crippen LogP contribution in [0.25, 0.3) is 0 Å². The van der Waals surface area contributed by atoms with Crippen LogP contribution in [-0.2, 0) is 4.74 Å². The van der Waals surface area contributed by atoms with Crippen LogP contribution >= 0.6 is 0 Å². The Hall–Kier alpha value is -2.89. The number of aromatic nitrogens is 1. The molecule has 2 aromatic rings. The minimum Gasteiger partial charge on any atom is -0.493 e. The summed E-state index contributed by atoms with van der Waals surface area (Å²) in [6.07, 6.45) is 1.48. The first-order chi connectivity index (χ1) is 10.7. The number of pyridine rings is 1. The van der Waals surface area contributed by atoms with Crippen molar-refractivity contribution in [3.05, 3.63) is 53.7 Å². The molecule has 0 saturated carbocycles. The maximum Gasteiger partial charge on any atom is 0.341 e. The number of hydrogen-bond donors (Lipinski definition) is 1. The molecule has 0 aliphatic carbocycles. The van der Waals surface area contributed by atoms with Gasteiger partial charge in [-0.3, -0.25) is 4.79 Å². The Morgan fingerprint density at radius 2 is 1.86 bits per heavy atom. The Balaban J connectivity index is 2.28. The topological polar surface area (TPSA) is 77.5 Å². The first kappa shape index (κ1) is 15.5. The van der Waals surface area contributed by atoms with Crippen molar-refractivity contribution in [1.82, 2.24) is 4.98 Å². The minimum absolute atomic E-state index is 0.144. The molecule has 1 N–H and O–H groups in total. The monoisotopic (exact) mass is 300 g/mol. The van der Waals surface area contributed by atoms with Crippen molar-refractivity contribution >= 4 is 17.7 Å². The lowest BCUT2D eigenvalue weighted by molar-refractivity contribution is 0.0601. The van der Waals surface area contributed by atoms with Gasteiger partial charge >= 0.3 is 5.97 Å². The third kappa shape index (κ3) is 3.41. The Morgan fingerprint density at radius 1 is 1.14 bits per heavy atom.